The lowest BCUT2D eigenvalue weighted by molar-refractivity contribution is 0.469. The van der Waals surface area contributed by atoms with Crippen LogP contribution >= 0.6 is 0 Å². The van der Waals surface area contributed by atoms with Gasteiger partial charge in [0.05, 0.1) is 24.1 Å². The van der Waals surface area contributed by atoms with Crippen LogP contribution in [0.1, 0.15) is 44.5 Å². The van der Waals surface area contributed by atoms with Gasteiger partial charge in [-0.3, -0.25) is 5.32 Å². The average Bonchev–Trinajstić information content (AvgIpc) is 2.77. The predicted octanol–water partition coefficient (Wildman–Crippen LogP) is 2.04. The number of fused-ring (bicyclic) bond motifs is 1. The summed E-state index contributed by atoms with van der Waals surface area (Å²) in [5.74, 6) is 0. The van der Waals surface area contributed by atoms with Crippen molar-refractivity contribution in [3.05, 3.63) is 17.7 Å². The van der Waals surface area contributed by atoms with Gasteiger partial charge in [0.2, 0.25) is 0 Å². The maximum absolute atomic E-state index is 9.10. The van der Waals surface area contributed by atoms with Gasteiger partial charge in [0.25, 0.3) is 0 Å². The number of aromatic nitrogens is 2. The second-order valence-electron chi connectivity index (χ2n) is 5.33. The largest absolute Gasteiger partial charge is 0.334 e. The molecule has 4 nitrogen and oxygen atoms in total. The number of hydrogen-bond acceptors (Lipinski definition) is 3. The first-order valence-corrected chi connectivity index (χ1v) is 6.89. The number of hydrogen-bond donors (Lipinski definition) is 1. The SMILES string of the molecule is CC(C)NC(C#N)CCn1cnc2c1CCCC2. The van der Waals surface area contributed by atoms with Crippen LogP contribution < -0.4 is 5.32 Å². The molecule has 1 aliphatic rings. The molecule has 0 spiro atoms. The van der Waals surface area contributed by atoms with Gasteiger partial charge in [0.1, 0.15) is 0 Å². The Labute approximate surface area is 109 Å². The van der Waals surface area contributed by atoms with Crippen LogP contribution in [0.2, 0.25) is 0 Å². The molecule has 98 valence electrons. The first-order chi connectivity index (χ1) is 8.70. The molecular formula is C14H22N4. The van der Waals surface area contributed by atoms with E-state index in [2.05, 4.69) is 34.8 Å². The molecule has 2 rings (SSSR count). The summed E-state index contributed by atoms with van der Waals surface area (Å²) in [6.07, 6.45) is 7.58. The van der Waals surface area contributed by atoms with Gasteiger partial charge in [0, 0.05) is 18.3 Å². The summed E-state index contributed by atoms with van der Waals surface area (Å²) in [5, 5.41) is 12.4. The van der Waals surface area contributed by atoms with Crippen LogP contribution in [-0.4, -0.2) is 21.6 Å². The summed E-state index contributed by atoms with van der Waals surface area (Å²) in [6, 6.07) is 2.62. The molecule has 1 aromatic rings. The van der Waals surface area contributed by atoms with Gasteiger partial charge >= 0.3 is 0 Å². The fourth-order valence-electron chi connectivity index (χ4n) is 2.58. The van der Waals surface area contributed by atoms with Crippen molar-refractivity contribution in [2.75, 3.05) is 0 Å². The molecule has 0 fully saturated rings. The second-order valence-corrected chi connectivity index (χ2v) is 5.33. The van der Waals surface area contributed by atoms with Crippen molar-refractivity contribution < 1.29 is 0 Å². The van der Waals surface area contributed by atoms with Crippen LogP contribution in [-0.2, 0) is 19.4 Å². The molecule has 0 radical (unpaired) electrons. The van der Waals surface area contributed by atoms with Crippen molar-refractivity contribution in [1.29, 1.82) is 5.26 Å². The van der Waals surface area contributed by atoms with E-state index in [1.807, 2.05) is 6.33 Å². The molecule has 0 amide bonds. The maximum Gasteiger partial charge on any atom is 0.0972 e. The second kappa shape index (κ2) is 6.01. The third-order valence-electron chi connectivity index (χ3n) is 3.46. The molecule has 1 unspecified atom stereocenters. The summed E-state index contributed by atoms with van der Waals surface area (Å²) >= 11 is 0. The van der Waals surface area contributed by atoms with E-state index in [1.165, 1.54) is 24.2 Å². The van der Waals surface area contributed by atoms with Gasteiger partial charge in [-0.05, 0) is 46.0 Å². The van der Waals surface area contributed by atoms with E-state index in [0.717, 1.165) is 25.8 Å². The Morgan fingerprint density at radius 1 is 1.44 bits per heavy atom. The molecule has 1 heterocycles. The minimum atomic E-state index is -0.0633. The first kappa shape index (κ1) is 13.1. The lowest BCUT2D eigenvalue weighted by Crippen LogP contribution is -2.34. The van der Waals surface area contributed by atoms with Crippen LogP contribution in [0.25, 0.3) is 0 Å². The Hall–Kier alpha value is -1.34. The van der Waals surface area contributed by atoms with E-state index < -0.39 is 0 Å². The number of nitrogens with zero attached hydrogens (tertiary/aromatic N) is 3. The van der Waals surface area contributed by atoms with E-state index in [4.69, 9.17) is 5.26 Å². The van der Waals surface area contributed by atoms with Crippen LogP contribution in [0.3, 0.4) is 0 Å². The van der Waals surface area contributed by atoms with Gasteiger partial charge in [-0.2, -0.15) is 5.26 Å². The van der Waals surface area contributed by atoms with Gasteiger partial charge in [-0.25, -0.2) is 4.98 Å². The number of rotatable bonds is 5. The van der Waals surface area contributed by atoms with Crippen LogP contribution in [0.15, 0.2) is 6.33 Å². The summed E-state index contributed by atoms with van der Waals surface area (Å²) in [6.45, 7) is 5.03. The molecule has 0 saturated carbocycles. The molecule has 0 bridgehead atoms. The van der Waals surface area contributed by atoms with E-state index in [-0.39, 0.29) is 6.04 Å². The highest BCUT2D eigenvalue weighted by molar-refractivity contribution is 5.16. The number of imidazole rings is 1. The van der Waals surface area contributed by atoms with Crippen LogP contribution in [0.5, 0.6) is 0 Å². The summed E-state index contributed by atoms with van der Waals surface area (Å²) in [7, 11) is 0. The van der Waals surface area contributed by atoms with Gasteiger partial charge < -0.3 is 4.57 Å². The van der Waals surface area contributed by atoms with E-state index in [0.29, 0.717) is 6.04 Å². The number of nitrogens with one attached hydrogen (secondary N) is 1. The molecule has 1 aliphatic carbocycles. The van der Waals surface area contributed by atoms with Crippen molar-refractivity contribution in [3.63, 3.8) is 0 Å². The zero-order valence-electron chi connectivity index (χ0n) is 11.3. The zero-order chi connectivity index (χ0) is 13.0. The van der Waals surface area contributed by atoms with E-state index in [9.17, 15) is 0 Å². The summed E-state index contributed by atoms with van der Waals surface area (Å²) in [4.78, 5) is 4.48. The van der Waals surface area contributed by atoms with E-state index >= 15 is 0 Å². The minimum Gasteiger partial charge on any atom is -0.334 e. The molecule has 0 aliphatic heterocycles. The Bertz CT molecular complexity index is 427. The normalized spacial score (nSPS) is 16.3. The number of nitriles is 1. The lowest BCUT2D eigenvalue weighted by atomic mass is 10.0. The van der Waals surface area contributed by atoms with E-state index in [1.54, 1.807) is 0 Å². The first-order valence-electron chi connectivity index (χ1n) is 6.89. The molecule has 1 atom stereocenters. The van der Waals surface area contributed by atoms with Crippen molar-refractivity contribution in [3.8, 4) is 6.07 Å². The molecular weight excluding hydrogens is 224 g/mol. The zero-order valence-corrected chi connectivity index (χ0v) is 11.3. The topological polar surface area (TPSA) is 53.6 Å². The molecule has 0 aromatic carbocycles. The van der Waals surface area contributed by atoms with Gasteiger partial charge in [0.15, 0.2) is 0 Å². The third kappa shape index (κ3) is 3.11. The summed E-state index contributed by atoms with van der Waals surface area (Å²) in [5.41, 5.74) is 2.66. The Morgan fingerprint density at radius 3 is 2.94 bits per heavy atom. The summed E-state index contributed by atoms with van der Waals surface area (Å²) < 4.78 is 2.24. The average molecular weight is 246 g/mol. The molecule has 1 N–H and O–H groups in total. The number of aryl methyl sites for hydroxylation is 2. The van der Waals surface area contributed by atoms with Gasteiger partial charge in [-0.1, -0.05) is 0 Å². The Morgan fingerprint density at radius 2 is 2.22 bits per heavy atom. The van der Waals surface area contributed by atoms with Crippen molar-refractivity contribution in [2.24, 2.45) is 0 Å². The molecule has 4 heteroatoms. The molecule has 0 saturated heterocycles. The van der Waals surface area contributed by atoms with Crippen molar-refractivity contribution in [1.82, 2.24) is 14.9 Å². The van der Waals surface area contributed by atoms with Gasteiger partial charge in [-0.15, -0.1) is 0 Å². The maximum atomic E-state index is 9.10. The lowest BCUT2D eigenvalue weighted by Gasteiger charge is -2.17. The predicted molar refractivity (Wildman–Crippen MR) is 71.2 cm³/mol. The quantitative estimate of drug-likeness (QED) is 0.865. The Balaban J connectivity index is 1.93. The van der Waals surface area contributed by atoms with Crippen LogP contribution in [0, 0.1) is 11.3 Å². The highest BCUT2D eigenvalue weighted by atomic mass is 15.1. The van der Waals surface area contributed by atoms with Crippen molar-refractivity contribution in [2.45, 2.75) is 64.6 Å². The fourth-order valence-corrected chi connectivity index (χ4v) is 2.58. The highest BCUT2D eigenvalue weighted by Gasteiger charge is 2.16. The fraction of sp³-hybridized carbons (Fsp3) is 0.714. The molecule has 1 aromatic heterocycles. The standard InChI is InChI=1S/C14H22N4/c1-11(2)17-12(9-15)7-8-18-10-16-13-5-3-4-6-14(13)18/h10-12,17H,3-8H2,1-2H3. The van der Waals surface area contributed by atoms with Crippen molar-refractivity contribution >= 4 is 0 Å². The highest BCUT2D eigenvalue weighted by Crippen LogP contribution is 2.20. The van der Waals surface area contributed by atoms with Crippen LogP contribution in [0.4, 0.5) is 0 Å². The molecule has 18 heavy (non-hydrogen) atoms. The minimum absolute atomic E-state index is 0.0633. The Kier molecular flexibility index (Phi) is 4.38. The smallest absolute Gasteiger partial charge is 0.0972 e. The third-order valence-corrected chi connectivity index (χ3v) is 3.46. The monoisotopic (exact) mass is 246 g/mol.